The van der Waals surface area contributed by atoms with Gasteiger partial charge in [0.25, 0.3) is 0 Å². The van der Waals surface area contributed by atoms with Crippen LogP contribution in [0.3, 0.4) is 0 Å². The minimum Gasteiger partial charge on any atom is -0.481 e. The third-order valence-corrected chi connectivity index (χ3v) is 2.41. The highest BCUT2D eigenvalue weighted by Gasteiger charge is 2.16. The lowest BCUT2D eigenvalue weighted by Gasteiger charge is -2.12. The van der Waals surface area contributed by atoms with E-state index < -0.39 is 5.97 Å². The number of aliphatic carboxylic acids is 1. The normalized spacial score (nSPS) is 13.1. The van der Waals surface area contributed by atoms with E-state index in [2.05, 4.69) is 20.8 Å². The van der Waals surface area contributed by atoms with Crippen LogP contribution in [0.2, 0.25) is 0 Å². The van der Waals surface area contributed by atoms with Crippen molar-refractivity contribution >= 4 is 5.97 Å². The van der Waals surface area contributed by atoms with Crippen molar-refractivity contribution in [3.05, 3.63) is 0 Å². The van der Waals surface area contributed by atoms with Gasteiger partial charge in [0.05, 0.1) is 12.5 Å². The zero-order valence-corrected chi connectivity index (χ0v) is 10.2. The summed E-state index contributed by atoms with van der Waals surface area (Å²) in [7, 11) is 0. The maximum atomic E-state index is 10.9. The summed E-state index contributed by atoms with van der Waals surface area (Å²) in [6, 6.07) is 0. The maximum Gasteiger partial charge on any atom is 0.308 e. The molecule has 0 bridgehead atoms. The highest BCUT2D eigenvalue weighted by atomic mass is 16.5. The summed E-state index contributed by atoms with van der Waals surface area (Å²) < 4.78 is 5.38. The Morgan fingerprint density at radius 3 is 2.47 bits per heavy atom. The number of carboxylic acids is 1. The van der Waals surface area contributed by atoms with Crippen LogP contribution in [0.4, 0.5) is 0 Å². The van der Waals surface area contributed by atoms with E-state index in [9.17, 15) is 4.79 Å². The molecule has 3 nitrogen and oxygen atoms in total. The van der Waals surface area contributed by atoms with Crippen molar-refractivity contribution in [1.82, 2.24) is 0 Å². The number of rotatable bonds is 9. The lowest BCUT2D eigenvalue weighted by Crippen LogP contribution is -2.20. The van der Waals surface area contributed by atoms with Crippen LogP contribution in [0.15, 0.2) is 0 Å². The summed E-state index contributed by atoms with van der Waals surface area (Å²) in [5, 5.41) is 8.93. The summed E-state index contributed by atoms with van der Waals surface area (Å²) >= 11 is 0. The lowest BCUT2D eigenvalue weighted by molar-refractivity contribution is -0.144. The van der Waals surface area contributed by atoms with Crippen molar-refractivity contribution in [2.75, 3.05) is 13.2 Å². The smallest absolute Gasteiger partial charge is 0.308 e. The van der Waals surface area contributed by atoms with Crippen LogP contribution in [0.1, 0.15) is 46.5 Å². The topological polar surface area (TPSA) is 46.5 Å². The van der Waals surface area contributed by atoms with E-state index in [1.165, 1.54) is 0 Å². The van der Waals surface area contributed by atoms with Gasteiger partial charge in [-0.15, -0.1) is 0 Å². The molecular weight excluding hydrogens is 192 g/mol. The fraction of sp³-hybridized carbons (Fsp3) is 0.917. The minimum absolute atomic E-state index is 0.322. The Kier molecular flexibility index (Phi) is 8.38. The average molecular weight is 216 g/mol. The van der Waals surface area contributed by atoms with Crippen molar-refractivity contribution in [3.63, 3.8) is 0 Å². The fourth-order valence-corrected chi connectivity index (χ4v) is 1.27. The fourth-order valence-electron chi connectivity index (χ4n) is 1.27. The van der Waals surface area contributed by atoms with Gasteiger partial charge in [0.1, 0.15) is 0 Å². The van der Waals surface area contributed by atoms with E-state index in [0.717, 1.165) is 25.7 Å². The molecule has 0 aliphatic heterocycles. The molecule has 0 radical (unpaired) electrons. The number of hydrogen-bond acceptors (Lipinski definition) is 2. The standard InChI is InChI=1S/C12H24O3/c1-4-5-6-11(12(13)14)9-15-8-7-10(2)3/h10-11H,4-9H2,1-3H3,(H,13,14). The first-order valence-corrected chi connectivity index (χ1v) is 5.88. The minimum atomic E-state index is -0.729. The van der Waals surface area contributed by atoms with Gasteiger partial charge in [-0.25, -0.2) is 0 Å². The maximum absolute atomic E-state index is 10.9. The van der Waals surface area contributed by atoms with Crippen LogP contribution in [-0.2, 0) is 9.53 Å². The van der Waals surface area contributed by atoms with Gasteiger partial charge in [-0.2, -0.15) is 0 Å². The molecule has 0 fully saturated rings. The molecule has 0 spiro atoms. The van der Waals surface area contributed by atoms with Gasteiger partial charge >= 0.3 is 5.97 Å². The SMILES string of the molecule is CCCCC(COCCC(C)C)C(=O)O. The van der Waals surface area contributed by atoms with Crippen LogP contribution < -0.4 is 0 Å². The average Bonchev–Trinajstić information content (AvgIpc) is 2.15. The predicted octanol–water partition coefficient (Wildman–Crippen LogP) is 2.94. The number of hydrogen-bond donors (Lipinski definition) is 1. The Labute approximate surface area is 92.8 Å². The van der Waals surface area contributed by atoms with Crippen molar-refractivity contribution in [1.29, 1.82) is 0 Å². The van der Waals surface area contributed by atoms with Crippen LogP contribution in [-0.4, -0.2) is 24.3 Å². The summed E-state index contributed by atoms with van der Waals surface area (Å²) in [4.78, 5) is 10.9. The van der Waals surface area contributed by atoms with Crippen molar-refractivity contribution in [2.45, 2.75) is 46.5 Å². The molecule has 0 aliphatic rings. The molecule has 90 valence electrons. The predicted molar refractivity (Wildman–Crippen MR) is 60.9 cm³/mol. The molecule has 1 N–H and O–H groups in total. The molecule has 0 heterocycles. The van der Waals surface area contributed by atoms with Gasteiger partial charge in [0.15, 0.2) is 0 Å². The molecule has 0 aromatic rings. The van der Waals surface area contributed by atoms with E-state index in [-0.39, 0.29) is 5.92 Å². The van der Waals surface area contributed by atoms with E-state index in [4.69, 9.17) is 9.84 Å². The highest BCUT2D eigenvalue weighted by molar-refractivity contribution is 5.70. The quantitative estimate of drug-likeness (QED) is 0.603. The largest absolute Gasteiger partial charge is 0.481 e. The van der Waals surface area contributed by atoms with Crippen molar-refractivity contribution < 1.29 is 14.6 Å². The molecule has 0 saturated heterocycles. The Morgan fingerprint density at radius 2 is 2.00 bits per heavy atom. The van der Waals surface area contributed by atoms with Crippen LogP contribution in [0.25, 0.3) is 0 Å². The van der Waals surface area contributed by atoms with Crippen LogP contribution >= 0.6 is 0 Å². The van der Waals surface area contributed by atoms with Gasteiger partial charge < -0.3 is 9.84 Å². The molecule has 0 aromatic carbocycles. The van der Waals surface area contributed by atoms with E-state index in [1.54, 1.807) is 0 Å². The first-order chi connectivity index (χ1) is 7.07. The van der Waals surface area contributed by atoms with Gasteiger partial charge in [-0.05, 0) is 18.8 Å². The highest BCUT2D eigenvalue weighted by Crippen LogP contribution is 2.10. The molecule has 0 rings (SSSR count). The van der Waals surface area contributed by atoms with Gasteiger partial charge in [-0.1, -0.05) is 33.6 Å². The second kappa shape index (κ2) is 8.72. The third-order valence-electron chi connectivity index (χ3n) is 2.41. The molecule has 15 heavy (non-hydrogen) atoms. The van der Waals surface area contributed by atoms with E-state index in [1.807, 2.05) is 0 Å². The summed E-state index contributed by atoms with van der Waals surface area (Å²) in [6.07, 6.45) is 3.73. The Morgan fingerprint density at radius 1 is 1.33 bits per heavy atom. The monoisotopic (exact) mass is 216 g/mol. The van der Waals surface area contributed by atoms with Gasteiger partial charge in [0.2, 0.25) is 0 Å². The lowest BCUT2D eigenvalue weighted by atomic mass is 10.0. The van der Waals surface area contributed by atoms with Crippen LogP contribution in [0.5, 0.6) is 0 Å². The molecule has 3 heteroatoms. The summed E-state index contributed by atoms with van der Waals surface area (Å²) in [5.74, 6) is -0.436. The number of unbranched alkanes of at least 4 members (excludes halogenated alkanes) is 1. The van der Waals surface area contributed by atoms with E-state index >= 15 is 0 Å². The first-order valence-electron chi connectivity index (χ1n) is 5.88. The zero-order valence-electron chi connectivity index (χ0n) is 10.2. The second-order valence-electron chi connectivity index (χ2n) is 4.43. The number of carboxylic acid groups (broad SMARTS) is 1. The van der Waals surface area contributed by atoms with E-state index in [0.29, 0.717) is 19.1 Å². The van der Waals surface area contributed by atoms with Crippen LogP contribution in [0, 0.1) is 11.8 Å². The number of carbonyl (C=O) groups is 1. The summed E-state index contributed by atoms with van der Waals surface area (Å²) in [6.45, 7) is 7.37. The summed E-state index contributed by atoms with van der Waals surface area (Å²) in [5.41, 5.74) is 0. The van der Waals surface area contributed by atoms with Gasteiger partial charge in [0, 0.05) is 6.61 Å². The van der Waals surface area contributed by atoms with Crippen molar-refractivity contribution in [2.24, 2.45) is 11.8 Å². The Bertz CT molecular complexity index is 166. The van der Waals surface area contributed by atoms with Crippen molar-refractivity contribution in [3.8, 4) is 0 Å². The third kappa shape index (κ3) is 8.43. The van der Waals surface area contributed by atoms with Gasteiger partial charge in [-0.3, -0.25) is 4.79 Å². The first kappa shape index (κ1) is 14.4. The second-order valence-corrected chi connectivity index (χ2v) is 4.43. The number of ether oxygens (including phenoxy) is 1. The molecule has 1 unspecified atom stereocenters. The molecule has 0 saturated carbocycles. The Balaban J connectivity index is 3.62. The Hall–Kier alpha value is -0.570. The molecule has 0 aromatic heterocycles. The molecule has 0 aliphatic carbocycles. The molecule has 1 atom stereocenters. The molecular formula is C12H24O3. The zero-order chi connectivity index (χ0) is 11.7. The molecule has 0 amide bonds.